The molecule has 0 radical (unpaired) electrons. The van der Waals surface area contributed by atoms with Gasteiger partial charge in [0.25, 0.3) is 0 Å². The van der Waals surface area contributed by atoms with Crippen molar-refractivity contribution in [1.82, 2.24) is 0 Å². The predicted octanol–water partition coefficient (Wildman–Crippen LogP) is 1.93. The zero-order chi connectivity index (χ0) is 10.8. The van der Waals surface area contributed by atoms with Crippen molar-refractivity contribution < 1.29 is 9.23 Å². The highest BCUT2D eigenvalue weighted by Crippen LogP contribution is 2.21. The Labute approximate surface area is 91.7 Å². The smallest absolute Gasteiger partial charge is 0.145 e. The van der Waals surface area contributed by atoms with Crippen LogP contribution in [0, 0.1) is 5.82 Å². The Morgan fingerprint density at radius 1 is 1.60 bits per heavy atom. The number of nitrogens with zero attached hydrogens (tertiary/aromatic N) is 1. The van der Waals surface area contributed by atoms with Crippen LogP contribution in [0.5, 0.6) is 0 Å². The van der Waals surface area contributed by atoms with Gasteiger partial charge in [-0.1, -0.05) is 22.8 Å². The second kappa shape index (κ2) is 4.16. The van der Waals surface area contributed by atoms with Crippen molar-refractivity contribution in [1.29, 1.82) is 0 Å². The third kappa shape index (κ3) is 2.11. The average Bonchev–Trinajstić information content (AvgIpc) is 2.70. The fraction of sp³-hybridized carbons (Fsp3) is 0.300. The van der Waals surface area contributed by atoms with Gasteiger partial charge < -0.3 is 10.6 Å². The van der Waals surface area contributed by atoms with Crippen LogP contribution in [-0.2, 0) is 4.84 Å². The first kappa shape index (κ1) is 10.4. The summed E-state index contributed by atoms with van der Waals surface area (Å²) < 4.78 is 12.9. The molecule has 1 aliphatic rings. The van der Waals surface area contributed by atoms with E-state index in [4.69, 9.17) is 22.2 Å². The van der Waals surface area contributed by atoms with Crippen LogP contribution >= 0.6 is 11.6 Å². The van der Waals surface area contributed by atoms with Gasteiger partial charge in [-0.2, -0.15) is 0 Å². The summed E-state index contributed by atoms with van der Waals surface area (Å²) in [6.07, 6.45) is 0.558. The molecule has 2 rings (SSSR count). The number of hydrogen-bond donors (Lipinski definition) is 1. The number of halogens is 2. The van der Waals surface area contributed by atoms with E-state index in [1.54, 1.807) is 6.07 Å². The van der Waals surface area contributed by atoms with Gasteiger partial charge in [0.2, 0.25) is 0 Å². The Hall–Kier alpha value is -1.13. The Morgan fingerprint density at radius 3 is 3.00 bits per heavy atom. The van der Waals surface area contributed by atoms with Crippen molar-refractivity contribution in [2.24, 2.45) is 10.9 Å². The van der Waals surface area contributed by atoms with Gasteiger partial charge in [0, 0.05) is 18.5 Å². The first-order chi connectivity index (χ1) is 7.20. The lowest BCUT2D eigenvalue weighted by molar-refractivity contribution is 0.0918. The van der Waals surface area contributed by atoms with Crippen LogP contribution in [0.3, 0.4) is 0 Å². The minimum Gasteiger partial charge on any atom is -0.390 e. The molecule has 3 nitrogen and oxygen atoms in total. The third-order valence-electron chi connectivity index (χ3n) is 2.25. The van der Waals surface area contributed by atoms with Crippen molar-refractivity contribution >= 4 is 17.3 Å². The largest absolute Gasteiger partial charge is 0.390 e. The second-order valence-electron chi connectivity index (χ2n) is 3.33. The van der Waals surface area contributed by atoms with E-state index < -0.39 is 5.82 Å². The molecule has 1 aliphatic heterocycles. The summed E-state index contributed by atoms with van der Waals surface area (Å²) in [4.78, 5) is 5.07. The summed E-state index contributed by atoms with van der Waals surface area (Å²) in [5.74, 6) is -0.435. The molecule has 1 aromatic carbocycles. The molecule has 15 heavy (non-hydrogen) atoms. The molecular formula is C10H10ClFN2O. The highest BCUT2D eigenvalue weighted by Gasteiger charge is 2.21. The molecule has 0 saturated heterocycles. The molecule has 0 bridgehead atoms. The Bertz CT molecular complexity index is 408. The third-order valence-corrected chi connectivity index (χ3v) is 2.54. The molecule has 0 aromatic heterocycles. The van der Waals surface area contributed by atoms with Gasteiger partial charge in [-0.05, 0) is 12.1 Å². The SMILES string of the molecule is NCC1CC(c2ccc(F)c(Cl)c2)=NO1. The summed E-state index contributed by atoms with van der Waals surface area (Å²) in [6, 6.07) is 4.48. The Balaban J connectivity index is 2.21. The summed E-state index contributed by atoms with van der Waals surface area (Å²) in [7, 11) is 0. The van der Waals surface area contributed by atoms with Gasteiger partial charge in [0.15, 0.2) is 0 Å². The standard InChI is InChI=1S/C10H10ClFN2O/c11-8-3-6(1-2-9(8)12)10-4-7(5-13)15-14-10/h1-3,7H,4-5,13H2. The molecule has 2 N–H and O–H groups in total. The van der Waals surface area contributed by atoms with Crippen LogP contribution < -0.4 is 5.73 Å². The molecular weight excluding hydrogens is 219 g/mol. The first-order valence-electron chi connectivity index (χ1n) is 4.59. The number of rotatable bonds is 2. The second-order valence-corrected chi connectivity index (χ2v) is 3.74. The molecule has 1 aromatic rings. The quantitative estimate of drug-likeness (QED) is 0.841. The molecule has 1 atom stereocenters. The Kier molecular flexibility index (Phi) is 2.88. The van der Waals surface area contributed by atoms with Gasteiger partial charge in [0.1, 0.15) is 11.9 Å². The van der Waals surface area contributed by atoms with Crippen LogP contribution in [0.2, 0.25) is 5.02 Å². The van der Waals surface area contributed by atoms with E-state index in [0.717, 1.165) is 11.3 Å². The van der Waals surface area contributed by atoms with Gasteiger partial charge >= 0.3 is 0 Å². The van der Waals surface area contributed by atoms with E-state index >= 15 is 0 Å². The van der Waals surface area contributed by atoms with Crippen molar-refractivity contribution in [3.63, 3.8) is 0 Å². The van der Waals surface area contributed by atoms with Crippen LogP contribution in [0.25, 0.3) is 0 Å². The zero-order valence-electron chi connectivity index (χ0n) is 7.91. The van der Waals surface area contributed by atoms with Crippen LogP contribution in [0.1, 0.15) is 12.0 Å². The average molecular weight is 229 g/mol. The number of nitrogens with two attached hydrogens (primary N) is 1. The topological polar surface area (TPSA) is 47.6 Å². The molecule has 0 saturated carbocycles. The molecule has 0 fully saturated rings. The first-order valence-corrected chi connectivity index (χ1v) is 4.96. The molecule has 5 heteroatoms. The summed E-state index contributed by atoms with van der Waals surface area (Å²) in [5, 5.41) is 3.97. The van der Waals surface area contributed by atoms with Crippen LogP contribution in [0.4, 0.5) is 4.39 Å². The van der Waals surface area contributed by atoms with E-state index in [1.807, 2.05) is 0 Å². The van der Waals surface area contributed by atoms with Crippen molar-refractivity contribution in [3.05, 3.63) is 34.6 Å². The summed E-state index contributed by atoms with van der Waals surface area (Å²) >= 11 is 5.67. The molecule has 0 amide bonds. The molecule has 1 heterocycles. The lowest BCUT2D eigenvalue weighted by Crippen LogP contribution is -2.20. The fourth-order valence-electron chi connectivity index (χ4n) is 1.40. The normalized spacial score (nSPS) is 19.9. The lowest BCUT2D eigenvalue weighted by Gasteiger charge is -2.02. The summed E-state index contributed by atoms with van der Waals surface area (Å²) in [6.45, 7) is 0.419. The highest BCUT2D eigenvalue weighted by molar-refractivity contribution is 6.31. The van der Waals surface area contributed by atoms with Gasteiger partial charge in [-0.3, -0.25) is 0 Å². The Morgan fingerprint density at radius 2 is 2.40 bits per heavy atom. The van der Waals surface area contributed by atoms with Gasteiger partial charge in [0.05, 0.1) is 10.7 Å². The van der Waals surface area contributed by atoms with E-state index in [9.17, 15) is 4.39 Å². The van der Waals surface area contributed by atoms with E-state index in [0.29, 0.717) is 13.0 Å². The van der Waals surface area contributed by atoms with Crippen molar-refractivity contribution in [2.75, 3.05) is 6.54 Å². The number of benzene rings is 1. The predicted molar refractivity (Wildman–Crippen MR) is 56.5 cm³/mol. The van der Waals surface area contributed by atoms with Crippen molar-refractivity contribution in [2.45, 2.75) is 12.5 Å². The molecule has 0 aliphatic carbocycles. The van der Waals surface area contributed by atoms with E-state index in [-0.39, 0.29) is 11.1 Å². The maximum absolute atomic E-state index is 12.9. The molecule has 1 unspecified atom stereocenters. The van der Waals surface area contributed by atoms with E-state index in [1.165, 1.54) is 12.1 Å². The van der Waals surface area contributed by atoms with Crippen LogP contribution in [-0.4, -0.2) is 18.4 Å². The van der Waals surface area contributed by atoms with E-state index in [2.05, 4.69) is 5.16 Å². The number of hydrogen-bond acceptors (Lipinski definition) is 3. The van der Waals surface area contributed by atoms with Gasteiger partial charge in [-0.25, -0.2) is 4.39 Å². The molecule has 0 spiro atoms. The monoisotopic (exact) mass is 228 g/mol. The fourth-order valence-corrected chi connectivity index (χ4v) is 1.58. The minimum atomic E-state index is -0.435. The van der Waals surface area contributed by atoms with Gasteiger partial charge in [-0.15, -0.1) is 0 Å². The minimum absolute atomic E-state index is 0.0798. The maximum atomic E-state index is 12.9. The number of oxime groups is 1. The highest BCUT2D eigenvalue weighted by atomic mass is 35.5. The summed E-state index contributed by atoms with van der Waals surface area (Å²) in [5.41, 5.74) is 6.98. The van der Waals surface area contributed by atoms with Crippen LogP contribution in [0.15, 0.2) is 23.4 Å². The zero-order valence-corrected chi connectivity index (χ0v) is 8.67. The molecule has 80 valence electrons. The lowest BCUT2D eigenvalue weighted by atomic mass is 10.1. The maximum Gasteiger partial charge on any atom is 0.145 e. The van der Waals surface area contributed by atoms with Crippen molar-refractivity contribution in [3.8, 4) is 0 Å².